The Balaban J connectivity index is 2.52. The van der Waals surface area contributed by atoms with E-state index in [9.17, 15) is 0 Å². The third kappa shape index (κ3) is 4.29. The summed E-state index contributed by atoms with van der Waals surface area (Å²) >= 11 is 0. The molecule has 1 rings (SSSR count). The Kier molecular flexibility index (Phi) is 5.84. The highest BCUT2D eigenvalue weighted by Gasteiger charge is 2.02. The van der Waals surface area contributed by atoms with Gasteiger partial charge in [0, 0.05) is 6.54 Å². The smallest absolute Gasteiger partial charge is 0.136 e. The molecular formula is C14H18N2O. The molecule has 0 aliphatic heterocycles. The molecule has 0 radical (unpaired) electrons. The van der Waals surface area contributed by atoms with Gasteiger partial charge >= 0.3 is 0 Å². The zero-order valence-corrected chi connectivity index (χ0v) is 10.4. The predicted octanol–water partition coefficient (Wildman–Crippen LogP) is 2.62. The summed E-state index contributed by atoms with van der Waals surface area (Å²) in [7, 11) is 1.57. The molecule has 3 nitrogen and oxygen atoms in total. The standard InChI is InChI=1S/C14H18N2O/c1-3-4-5-8-16-11-12-6-7-14(17-2)13(9-12)10-15/h3-4,6-7,9,16H,5,8,11H2,1-2H3/b4-3+. The van der Waals surface area contributed by atoms with Gasteiger partial charge in [-0.15, -0.1) is 0 Å². The summed E-state index contributed by atoms with van der Waals surface area (Å²) in [6.45, 7) is 3.73. The molecule has 0 aliphatic rings. The highest BCUT2D eigenvalue weighted by Crippen LogP contribution is 2.18. The molecule has 0 atom stereocenters. The van der Waals surface area contributed by atoms with Crippen LogP contribution in [0.2, 0.25) is 0 Å². The fourth-order valence-corrected chi connectivity index (χ4v) is 1.54. The number of nitrogens with zero attached hydrogens (tertiary/aromatic N) is 1. The highest BCUT2D eigenvalue weighted by molar-refractivity contribution is 5.45. The molecule has 0 aromatic heterocycles. The van der Waals surface area contributed by atoms with Crippen molar-refractivity contribution in [2.24, 2.45) is 0 Å². The normalized spacial score (nSPS) is 10.4. The minimum absolute atomic E-state index is 0.584. The van der Waals surface area contributed by atoms with Crippen LogP contribution < -0.4 is 10.1 Å². The lowest BCUT2D eigenvalue weighted by atomic mass is 10.1. The molecular weight excluding hydrogens is 212 g/mol. The van der Waals surface area contributed by atoms with Crippen molar-refractivity contribution in [2.75, 3.05) is 13.7 Å². The Bertz CT molecular complexity index is 419. The molecule has 0 spiro atoms. The number of nitrogens with one attached hydrogen (secondary N) is 1. The maximum Gasteiger partial charge on any atom is 0.136 e. The SMILES string of the molecule is C/C=C/CCNCc1ccc(OC)c(C#N)c1. The van der Waals surface area contributed by atoms with Crippen LogP contribution in [0.3, 0.4) is 0 Å². The fourth-order valence-electron chi connectivity index (χ4n) is 1.54. The van der Waals surface area contributed by atoms with Crippen molar-refractivity contribution >= 4 is 0 Å². The Morgan fingerprint density at radius 3 is 2.94 bits per heavy atom. The van der Waals surface area contributed by atoms with E-state index >= 15 is 0 Å². The number of allylic oxidation sites excluding steroid dienone is 1. The van der Waals surface area contributed by atoms with Crippen LogP contribution in [0.4, 0.5) is 0 Å². The van der Waals surface area contributed by atoms with Gasteiger partial charge in [-0.1, -0.05) is 18.2 Å². The lowest BCUT2D eigenvalue weighted by molar-refractivity contribution is 0.413. The van der Waals surface area contributed by atoms with E-state index in [0.29, 0.717) is 11.3 Å². The van der Waals surface area contributed by atoms with Gasteiger partial charge in [-0.25, -0.2) is 0 Å². The zero-order chi connectivity index (χ0) is 12.5. The number of benzene rings is 1. The van der Waals surface area contributed by atoms with Crippen LogP contribution in [-0.2, 0) is 6.54 Å². The molecule has 0 unspecified atom stereocenters. The Labute approximate surface area is 103 Å². The van der Waals surface area contributed by atoms with Gasteiger partial charge < -0.3 is 10.1 Å². The molecule has 0 heterocycles. The van der Waals surface area contributed by atoms with Crippen LogP contribution in [0.25, 0.3) is 0 Å². The van der Waals surface area contributed by atoms with E-state index < -0.39 is 0 Å². The summed E-state index contributed by atoms with van der Waals surface area (Å²) < 4.78 is 5.10. The third-order valence-corrected chi connectivity index (χ3v) is 2.44. The number of rotatable bonds is 6. The average Bonchev–Trinajstić information content (AvgIpc) is 2.38. The van der Waals surface area contributed by atoms with E-state index in [4.69, 9.17) is 10.00 Å². The summed E-state index contributed by atoms with van der Waals surface area (Å²) in [5.41, 5.74) is 1.68. The van der Waals surface area contributed by atoms with Gasteiger partial charge in [-0.05, 0) is 37.6 Å². The molecule has 3 heteroatoms. The first-order valence-electron chi connectivity index (χ1n) is 5.70. The highest BCUT2D eigenvalue weighted by atomic mass is 16.5. The number of hydrogen-bond acceptors (Lipinski definition) is 3. The Morgan fingerprint density at radius 1 is 1.47 bits per heavy atom. The summed E-state index contributed by atoms with van der Waals surface area (Å²) in [5, 5.41) is 12.3. The summed E-state index contributed by atoms with van der Waals surface area (Å²) in [4.78, 5) is 0. The number of ether oxygens (including phenoxy) is 1. The monoisotopic (exact) mass is 230 g/mol. The van der Waals surface area contributed by atoms with Gasteiger partial charge in [0.1, 0.15) is 11.8 Å². The van der Waals surface area contributed by atoms with Crippen LogP contribution >= 0.6 is 0 Å². The number of hydrogen-bond donors (Lipinski definition) is 1. The van der Waals surface area contributed by atoms with Gasteiger partial charge in [0.15, 0.2) is 0 Å². The molecule has 0 saturated carbocycles. The van der Waals surface area contributed by atoms with E-state index in [1.807, 2.05) is 31.2 Å². The first-order valence-corrected chi connectivity index (χ1v) is 5.70. The minimum Gasteiger partial charge on any atom is -0.495 e. The zero-order valence-electron chi connectivity index (χ0n) is 10.4. The molecule has 17 heavy (non-hydrogen) atoms. The second kappa shape index (κ2) is 7.48. The van der Waals surface area contributed by atoms with Crippen molar-refractivity contribution in [1.82, 2.24) is 5.32 Å². The molecule has 0 saturated heterocycles. The van der Waals surface area contributed by atoms with Crippen LogP contribution in [0.5, 0.6) is 5.75 Å². The van der Waals surface area contributed by atoms with E-state index in [0.717, 1.165) is 25.1 Å². The van der Waals surface area contributed by atoms with Gasteiger partial charge in [0.05, 0.1) is 12.7 Å². The molecule has 1 aromatic rings. The van der Waals surface area contributed by atoms with Gasteiger partial charge in [0.25, 0.3) is 0 Å². The second-order valence-electron chi connectivity index (χ2n) is 3.68. The maximum absolute atomic E-state index is 8.96. The van der Waals surface area contributed by atoms with Crippen LogP contribution in [0.15, 0.2) is 30.4 Å². The Hall–Kier alpha value is -1.79. The molecule has 0 amide bonds. The largest absolute Gasteiger partial charge is 0.495 e. The van der Waals surface area contributed by atoms with Crippen molar-refractivity contribution in [3.05, 3.63) is 41.5 Å². The molecule has 0 fully saturated rings. The lowest BCUT2D eigenvalue weighted by Gasteiger charge is -2.06. The second-order valence-corrected chi connectivity index (χ2v) is 3.68. The van der Waals surface area contributed by atoms with Crippen molar-refractivity contribution < 1.29 is 4.74 Å². The molecule has 1 aromatic carbocycles. The van der Waals surface area contributed by atoms with E-state index in [-0.39, 0.29) is 0 Å². The van der Waals surface area contributed by atoms with Gasteiger partial charge in [-0.2, -0.15) is 5.26 Å². The molecule has 0 aliphatic carbocycles. The van der Waals surface area contributed by atoms with Crippen molar-refractivity contribution in [2.45, 2.75) is 19.9 Å². The fraction of sp³-hybridized carbons (Fsp3) is 0.357. The van der Waals surface area contributed by atoms with Crippen molar-refractivity contribution in [1.29, 1.82) is 5.26 Å². The average molecular weight is 230 g/mol. The van der Waals surface area contributed by atoms with Crippen LogP contribution in [0, 0.1) is 11.3 Å². The summed E-state index contributed by atoms with van der Waals surface area (Å²) in [6.07, 6.45) is 5.20. The first kappa shape index (κ1) is 13.3. The van der Waals surface area contributed by atoms with Crippen molar-refractivity contribution in [3.63, 3.8) is 0 Å². The molecule has 90 valence electrons. The Morgan fingerprint density at radius 2 is 2.29 bits per heavy atom. The topological polar surface area (TPSA) is 45.0 Å². The maximum atomic E-state index is 8.96. The lowest BCUT2D eigenvalue weighted by Crippen LogP contribution is -2.14. The van der Waals surface area contributed by atoms with E-state index in [2.05, 4.69) is 17.5 Å². The summed E-state index contributed by atoms with van der Waals surface area (Å²) in [5.74, 6) is 0.630. The van der Waals surface area contributed by atoms with Gasteiger partial charge in [0.2, 0.25) is 0 Å². The molecule has 0 bridgehead atoms. The van der Waals surface area contributed by atoms with Crippen LogP contribution in [0.1, 0.15) is 24.5 Å². The summed E-state index contributed by atoms with van der Waals surface area (Å²) in [6, 6.07) is 7.81. The van der Waals surface area contributed by atoms with E-state index in [1.54, 1.807) is 7.11 Å². The first-order chi connectivity index (χ1) is 8.31. The minimum atomic E-state index is 0.584. The predicted molar refractivity (Wildman–Crippen MR) is 68.8 cm³/mol. The third-order valence-electron chi connectivity index (χ3n) is 2.44. The van der Waals surface area contributed by atoms with Gasteiger partial charge in [-0.3, -0.25) is 0 Å². The number of nitriles is 1. The number of methoxy groups -OCH3 is 1. The molecule has 1 N–H and O–H groups in total. The van der Waals surface area contributed by atoms with Crippen LogP contribution in [-0.4, -0.2) is 13.7 Å². The van der Waals surface area contributed by atoms with Crippen molar-refractivity contribution in [3.8, 4) is 11.8 Å². The quantitative estimate of drug-likeness (QED) is 0.603. The van der Waals surface area contributed by atoms with E-state index in [1.165, 1.54) is 0 Å².